The van der Waals surface area contributed by atoms with Crippen LogP contribution in [-0.2, 0) is 5.88 Å². The zero-order chi connectivity index (χ0) is 14.3. The molecule has 3 rings (SSSR count). The molecule has 2 heterocycles. The molecule has 0 amide bonds. The van der Waals surface area contributed by atoms with Crippen molar-refractivity contribution < 1.29 is 0 Å². The fraction of sp³-hybridized carbons (Fsp3) is 0.143. The Morgan fingerprint density at radius 3 is 2.50 bits per heavy atom. The summed E-state index contributed by atoms with van der Waals surface area (Å²) in [6, 6.07) is 7.23. The molecule has 0 aliphatic rings. The maximum Gasteiger partial charge on any atom is 0.164 e. The van der Waals surface area contributed by atoms with E-state index in [1.165, 1.54) is 0 Å². The molecule has 20 heavy (non-hydrogen) atoms. The van der Waals surface area contributed by atoms with Gasteiger partial charge in [0.05, 0.1) is 11.6 Å². The van der Waals surface area contributed by atoms with Crippen molar-refractivity contribution in [1.82, 2.24) is 14.5 Å². The Balaban J connectivity index is 2.37. The van der Waals surface area contributed by atoms with Crippen LogP contribution >= 0.6 is 34.8 Å². The van der Waals surface area contributed by atoms with E-state index in [9.17, 15) is 0 Å². The molecule has 0 spiro atoms. The van der Waals surface area contributed by atoms with E-state index in [2.05, 4.69) is 9.97 Å². The number of alkyl halides is 1. The minimum atomic E-state index is 0.278. The van der Waals surface area contributed by atoms with E-state index in [4.69, 9.17) is 34.8 Å². The van der Waals surface area contributed by atoms with Gasteiger partial charge >= 0.3 is 0 Å². The predicted molar refractivity (Wildman–Crippen MR) is 83.2 cm³/mol. The Hall–Kier alpha value is -1.29. The lowest BCUT2D eigenvalue weighted by Gasteiger charge is -2.08. The van der Waals surface area contributed by atoms with Gasteiger partial charge in [-0.15, -0.1) is 11.6 Å². The van der Waals surface area contributed by atoms with Gasteiger partial charge in [-0.3, -0.25) is 4.57 Å². The fourth-order valence-corrected chi connectivity index (χ4v) is 2.86. The maximum absolute atomic E-state index is 6.07. The van der Waals surface area contributed by atoms with Gasteiger partial charge in [0, 0.05) is 16.2 Å². The first-order valence-corrected chi connectivity index (χ1v) is 7.24. The van der Waals surface area contributed by atoms with Gasteiger partial charge in [-0.1, -0.05) is 23.2 Å². The first-order chi connectivity index (χ1) is 9.60. The number of pyridine rings is 1. The summed E-state index contributed by atoms with van der Waals surface area (Å²) in [6.07, 6.45) is 1.75. The first kappa shape index (κ1) is 13.7. The number of aromatic nitrogens is 3. The smallest absolute Gasteiger partial charge is 0.164 e. The monoisotopic (exact) mass is 325 g/mol. The lowest BCUT2D eigenvalue weighted by atomic mass is 10.2. The number of halogens is 3. The Kier molecular flexibility index (Phi) is 3.59. The van der Waals surface area contributed by atoms with E-state index in [-0.39, 0.29) is 5.88 Å². The molecule has 0 saturated carbocycles. The summed E-state index contributed by atoms with van der Waals surface area (Å²) >= 11 is 18.2. The Morgan fingerprint density at radius 2 is 1.85 bits per heavy atom. The molecular formula is C14H10Cl3N3. The van der Waals surface area contributed by atoms with Crippen LogP contribution in [-0.4, -0.2) is 14.5 Å². The minimum absolute atomic E-state index is 0.278. The van der Waals surface area contributed by atoms with Crippen LogP contribution in [0.4, 0.5) is 0 Å². The molecule has 0 radical (unpaired) electrons. The van der Waals surface area contributed by atoms with Crippen molar-refractivity contribution in [3.63, 3.8) is 0 Å². The summed E-state index contributed by atoms with van der Waals surface area (Å²) in [4.78, 5) is 8.95. The van der Waals surface area contributed by atoms with Crippen molar-refractivity contribution >= 4 is 46.0 Å². The lowest BCUT2D eigenvalue weighted by molar-refractivity contribution is 0.970. The van der Waals surface area contributed by atoms with Crippen molar-refractivity contribution in [2.75, 3.05) is 0 Å². The third-order valence-electron chi connectivity index (χ3n) is 3.04. The van der Waals surface area contributed by atoms with E-state index in [0.29, 0.717) is 15.9 Å². The molecule has 0 atom stereocenters. The average Bonchev–Trinajstić information content (AvgIpc) is 2.77. The molecule has 3 nitrogen and oxygen atoms in total. The average molecular weight is 327 g/mol. The molecular weight excluding hydrogens is 317 g/mol. The van der Waals surface area contributed by atoms with Gasteiger partial charge in [0.2, 0.25) is 0 Å². The molecule has 0 aliphatic heterocycles. The van der Waals surface area contributed by atoms with E-state index in [1.807, 2.05) is 29.7 Å². The van der Waals surface area contributed by atoms with Gasteiger partial charge in [0.25, 0.3) is 0 Å². The van der Waals surface area contributed by atoms with Crippen LogP contribution < -0.4 is 0 Å². The summed E-state index contributed by atoms with van der Waals surface area (Å²) in [5.41, 5.74) is 3.44. The van der Waals surface area contributed by atoms with Crippen molar-refractivity contribution in [3.8, 4) is 5.69 Å². The largest absolute Gasteiger partial charge is 0.280 e. The molecule has 0 fully saturated rings. The highest BCUT2D eigenvalue weighted by molar-refractivity contribution is 6.34. The van der Waals surface area contributed by atoms with Gasteiger partial charge < -0.3 is 0 Å². The summed E-state index contributed by atoms with van der Waals surface area (Å²) in [7, 11) is 0. The van der Waals surface area contributed by atoms with E-state index in [1.54, 1.807) is 12.3 Å². The number of rotatable bonds is 2. The maximum atomic E-state index is 6.07. The molecule has 0 aliphatic carbocycles. The molecule has 1 aromatic carbocycles. The van der Waals surface area contributed by atoms with Gasteiger partial charge in [-0.05, 0) is 36.8 Å². The summed E-state index contributed by atoms with van der Waals surface area (Å²) in [5.74, 6) is 0.988. The molecule has 6 heteroatoms. The number of fused-ring (bicyclic) bond motifs is 1. The van der Waals surface area contributed by atoms with Crippen LogP contribution in [0.5, 0.6) is 0 Å². The van der Waals surface area contributed by atoms with Gasteiger partial charge in [0.1, 0.15) is 11.3 Å². The second-order valence-corrected chi connectivity index (χ2v) is 5.56. The molecule has 102 valence electrons. The Labute approximate surface area is 131 Å². The van der Waals surface area contributed by atoms with Gasteiger partial charge in [0.15, 0.2) is 5.65 Å². The normalized spacial score (nSPS) is 11.2. The van der Waals surface area contributed by atoms with Crippen molar-refractivity contribution in [3.05, 3.63) is 51.9 Å². The van der Waals surface area contributed by atoms with Crippen LogP contribution in [0, 0.1) is 6.92 Å². The van der Waals surface area contributed by atoms with Crippen LogP contribution in [0.1, 0.15) is 11.4 Å². The number of benzene rings is 1. The second kappa shape index (κ2) is 5.24. The molecule has 0 unspecified atom stereocenters. The van der Waals surface area contributed by atoms with Gasteiger partial charge in [-0.2, -0.15) is 0 Å². The molecule has 0 N–H and O–H groups in total. The molecule has 2 aromatic heterocycles. The molecule has 3 aromatic rings. The van der Waals surface area contributed by atoms with Crippen LogP contribution in [0.25, 0.3) is 16.9 Å². The minimum Gasteiger partial charge on any atom is -0.280 e. The number of hydrogen-bond donors (Lipinski definition) is 0. The zero-order valence-corrected chi connectivity index (χ0v) is 12.8. The SMILES string of the molecule is Cc1ccnc2c1nc(CCl)n2-c1cc(Cl)cc(Cl)c1. The number of hydrogen-bond acceptors (Lipinski definition) is 2. The van der Waals surface area contributed by atoms with Crippen LogP contribution in [0.15, 0.2) is 30.5 Å². The van der Waals surface area contributed by atoms with Crippen LogP contribution in [0.3, 0.4) is 0 Å². The second-order valence-electron chi connectivity index (χ2n) is 4.42. The fourth-order valence-electron chi connectivity index (χ4n) is 2.17. The van der Waals surface area contributed by atoms with Crippen molar-refractivity contribution in [2.45, 2.75) is 12.8 Å². The Bertz CT molecular complexity index is 775. The Morgan fingerprint density at radius 1 is 1.15 bits per heavy atom. The van der Waals surface area contributed by atoms with Gasteiger partial charge in [-0.25, -0.2) is 9.97 Å². The third kappa shape index (κ3) is 2.26. The van der Waals surface area contributed by atoms with Crippen molar-refractivity contribution in [2.24, 2.45) is 0 Å². The molecule has 0 bridgehead atoms. The quantitative estimate of drug-likeness (QED) is 0.635. The standard InChI is InChI=1S/C14H10Cl3N3/c1-8-2-3-18-14-13(8)19-12(7-15)20(14)11-5-9(16)4-10(17)6-11/h2-6H,7H2,1H3. The highest BCUT2D eigenvalue weighted by atomic mass is 35.5. The number of aryl methyl sites for hydroxylation is 1. The number of imidazole rings is 1. The highest BCUT2D eigenvalue weighted by Gasteiger charge is 2.15. The first-order valence-electron chi connectivity index (χ1n) is 5.95. The lowest BCUT2D eigenvalue weighted by Crippen LogP contribution is -2.00. The van der Waals surface area contributed by atoms with E-state index < -0.39 is 0 Å². The predicted octanol–water partition coefficient (Wildman–Crippen LogP) is 4.77. The number of nitrogens with zero attached hydrogens (tertiary/aromatic N) is 3. The van der Waals surface area contributed by atoms with E-state index >= 15 is 0 Å². The molecule has 0 saturated heterocycles. The summed E-state index contributed by atoms with van der Waals surface area (Å²) < 4.78 is 1.88. The van der Waals surface area contributed by atoms with E-state index in [0.717, 1.165) is 22.4 Å². The summed E-state index contributed by atoms with van der Waals surface area (Å²) in [5, 5.41) is 1.12. The topological polar surface area (TPSA) is 30.7 Å². The summed E-state index contributed by atoms with van der Waals surface area (Å²) in [6.45, 7) is 1.99. The van der Waals surface area contributed by atoms with Crippen molar-refractivity contribution in [1.29, 1.82) is 0 Å². The van der Waals surface area contributed by atoms with Crippen LogP contribution in [0.2, 0.25) is 10.0 Å². The highest BCUT2D eigenvalue weighted by Crippen LogP contribution is 2.27. The zero-order valence-electron chi connectivity index (χ0n) is 10.6. The third-order valence-corrected chi connectivity index (χ3v) is 3.72.